The molecule has 1 saturated heterocycles. The van der Waals surface area contributed by atoms with Crippen molar-refractivity contribution in [1.29, 1.82) is 0 Å². The Balaban J connectivity index is 1.70. The van der Waals surface area contributed by atoms with Crippen molar-refractivity contribution in [2.45, 2.75) is 76.5 Å². The van der Waals surface area contributed by atoms with Crippen molar-refractivity contribution in [3.05, 3.63) is 64.1 Å². The van der Waals surface area contributed by atoms with Gasteiger partial charge in [-0.3, -0.25) is 15.0 Å². The Morgan fingerprint density at radius 2 is 1.78 bits per heavy atom. The maximum atomic E-state index is 14.2. The lowest BCUT2D eigenvalue weighted by atomic mass is 9.83. The van der Waals surface area contributed by atoms with E-state index in [-0.39, 0.29) is 25.4 Å². The molecule has 2 aliphatic rings. The van der Waals surface area contributed by atoms with Crippen molar-refractivity contribution < 1.29 is 28.9 Å². The Labute approximate surface area is 250 Å². The minimum atomic E-state index is -1.41. The number of carbonyl (C=O) groups is 2. The van der Waals surface area contributed by atoms with E-state index in [2.05, 4.69) is 21.4 Å². The van der Waals surface area contributed by atoms with E-state index >= 15 is 0 Å². The van der Waals surface area contributed by atoms with E-state index in [1.807, 2.05) is 74.3 Å². The number of esters is 1. The molecule has 1 fully saturated rings. The summed E-state index contributed by atoms with van der Waals surface area (Å²) in [6.07, 6.45) is 3.00. The predicted octanol–water partition coefficient (Wildman–Crippen LogP) is 5.11. The van der Waals surface area contributed by atoms with Gasteiger partial charge in [0.05, 0.1) is 6.61 Å². The fraction of sp³-hybridized carbons (Fsp3) is 0.516. The van der Waals surface area contributed by atoms with Crippen LogP contribution in [0.5, 0.6) is 5.75 Å². The third-order valence-electron chi connectivity index (χ3n) is 6.95. The molecule has 0 radical (unpaired) electrons. The molecule has 0 saturated carbocycles. The second-order valence-corrected chi connectivity index (χ2v) is 12.3. The molecule has 2 aromatic carbocycles. The van der Waals surface area contributed by atoms with Crippen LogP contribution in [0.15, 0.2) is 58.0 Å². The first kappa shape index (κ1) is 31.0. The molecule has 41 heavy (non-hydrogen) atoms. The van der Waals surface area contributed by atoms with Gasteiger partial charge in [-0.15, -0.1) is 0 Å². The van der Waals surface area contributed by atoms with Gasteiger partial charge in [-0.25, -0.2) is 10.0 Å². The number of nitrogens with zero attached hydrogens (tertiary/aromatic N) is 2. The third kappa shape index (κ3) is 8.30. The number of hydrogen-bond donors (Lipinski definition) is 2. The Hall–Kier alpha value is -2.95. The highest BCUT2D eigenvalue weighted by molar-refractivity contribution is 9.10. The Bertz CT molecular complexity index is 1210. The summed E-state index contributed by atoms with van der Waals surface area (Å²) in [6.45, 7) is 7.44. The minimum absolute atomic E-state index is 0.00447. The number of hydrazine groups is 1. The number of nitrogens with one attached hydrogen (secondary N) is 1. The van der Waals surface area contributed by atoms with Crippen LogP contribution in [0.4, 0.5) is 0 Å². The molecule has 0 aromatic heterocycles. The number of aliphatic imine (C=N–C) groups is 1. The van der Waals surface area contributed by atoms with Crippen LogP contribution in [-0.4, -0.2) is 65.3 Å². The SMILES string of the molecule is CC(C)(C)OC(=O)CC[C@]1(C(=O)NN2CCCCC2)N=C(c2ccc(OCCCO)cc2)O[C@H]1c1ccc(Br)cc1. The average molecular weight is 631 g/mol. The highest BCUT2D eigenvalue weighted by atomic mass is 79.9. The van der Waals surface area contributed by atoms with Crippen LogP contribution >= 0.6 is 15.9 Å². The van der Waals surface area contributed by atoms with E-state index in [0.717, 1.165) is 42.4 Å². The van der Waals surface area contributed by atoms with E-state index < -0.39 is 23.2 Å². The van der Waals surface area contributed by atoms with Crippen LogP contribution in [0.3, 0.4) is 0 Å². The van der Waals surface area contributed by atoms with Crippen molar-refractivity contribution >= 4 is 33.7 Å². The smallest absolute Gasteiger partial charge is 0.306 e. The Morgan fingerprint density at radius 1 is 1.10 bits per heavy atom. The molecule has 0 unspecified atom stereocenters. The molecule has 222 valence electrons. The minimum Gasteiger partial charge on any atom is -0.494 e. The number of amides is 1. The summed E-state index contributed by atoms with van der Waals surface area (Å²) in [6, 6.07) is 14.9. The van der Waals surface area contributed by atoms with Crippen LogP contribution in [-0.2, 0) is 19.1 Å². The standard InChI is InChI=1S/C31H40BrN3O6/c1-30(2,3)41-26(37)16-17-31(29(38)34-35-18-5-4-6-19-35)27(22-8-12-24(32)13-9-22)40-28(33-31)23-10-14-25(15-11-23)39-21-7-20-36/h8-15,27,36H,4-7,16-21H2,1-3H3,(H,34,38)/t27-,31-/m0/s1. The first-order valence-corrected chi connectivity index (χ1v) is 15.0. The number of benzene rings is 2. The van der Waals surface area contributed by atoms with Crippen molar-refractivity contribution in [3.8, 4) is 5.75 Å². The predicted molar refractivity (Wildman–Crippen MR) is 160 cm³/mol. The number of halogens is 1. The molecule has 0 aliphatic carbocycles. The number of carbonyl (C=O) groups excluding carboxylic acids is 2. The molecule has 9 nitrogen and oxygen atoms in total. The topological polar surface area (TPSA) is 110 Å². The van der Waals surface area contributed by atoms with Crippen molar-refractivity contribution in [1.82, 2.24) is 10.4 Å². The second-order valence-electron chi connectivity index (χ2n) is 11.4. The number of aliphatic hydroxyl groups is 1. The van der Waals surface area contributed by atoms with E-state index in [0.29, 0.717) is 30.2 Å². The summed E-state index contributed by atoms with van der Waals surface area (Å²) in [5, 5.41) is 11.0. The van der Waals surface area contributed by atoms with Gasteiger partial charge in [0.15, 0.2) is 11.6 Å². The molecule has 2 aliphatic heterocycles. The molecule has 2 atom stereocenters. The van der Waals surface area contributed by atoms with E-state index in [1.165, 1.54) is 0 Å². The highest BCUT2D eigenvalue weighted by Crippen LogP contribution is 2.43. The van der Waals surface area contributed by atoms with Gasteiger partial charge in [-0.1, -0.05) is 34.5 Å². The third-order valence-corrected chi connectivity index (χ3v) is 7.48. The van der Waals surface area contributed by atoms with Crippen molar-refractivity contribution in [2.24, 2.45) is 4.99 Å². The van der Waals surface area contributed by atoms with Gasteiger partial charge in [-0.2, -0.15) is 0 Å². The number of rotatable bonds is 11. The molecular formula is C31H40BrN3O6. The molecule has 2 N–H and O–H groups in total. The lowest BCUT2D eigenvalue weighted by Crippen LogP contribution is -2.55. The largest absolute Gasteiger partial charge is 0.494 e. The summed E-state index contributed by atoms with van der Waals surface area (Å²) < 4.78 is 18.7. The summed E-state index contributed by atoms with van der Waals surface area (Å²) >= 11 is 3.49. The fourth-order valence-corrected chi connectivity index (χ4v) is 5.20. The first-order chi connectivity index (χ1) is 19.6. The Kier molecular flexibility index (Phi) is 10.4. The Morgan fingerprint density at radius 3 is 2.41 bits per heavy atom. The summed E-state index contributed by atoms with van der Waals surface area (Å²) in [5.74, 6) is 0.266. The van der Waals surface area contributed by atoms with E-state index in [4.69, 9.17) is 24.3 Å². The molecule has 2 aromatic rings. The van der Waals surface area contributed by atoms with E-state index in [1.54, 1.807) is 0 Å². The van der Waals surface area contributed by atoms with Gasteiger partial charge in [0, 0.05) is 42.6 Å². The van der Waals surface area contributed by atoms with Crippen LogP contribution in [0, 0.1) is 0 Å². The number of hydrogen-bond acceptors (Lipinski definition) is 8. The zero-order valence-corrected chi connectivity index (χ0v) is 25.6. The molecule has 4 rings (SSSR count). The molecule has 1 amide bonds. The lowest BCUT2D eigenvalue weighted by Gasteiger charge is -2.34. The maximum absolute atomic E-state index is 14.2. The van der Waals surface area contributed by atoms with E-state index in [9.17, 15) is 9.59 Å². The zero-order valence-electron chi connectivity index (χ0n) is 24.0. The van der Waals surface area contributed by atoms with Crippen LogP contribution in [0.1, 0.15) is 76.5 Å². The maximum Gasteiger partial charge on any atom is 0.306 e. The molecule has 0 spiro atoms. The molecule has 0 bridgehead atoms. The molecule has 10 heteroatoms. The second kappa shape index (κ2) is 13.8. The monoisotopic (exact) mass is 629 g/mol. The summed E-state index contributed by atoms with van der Waals surface area (Å²) in [5.41, 5.74) is 2.50. The van der Waals surface area contributed by atoms with Gasteiger partial charge in [-0.05, 0) is 82.0 Å². The summed E-state index contributed by atoms with van der Waals surface area (Å²) in [7, 11) is 0. The van der Waals surface area contributed by atoms with Crippen LogP contribution in [0.2, 0.25) is 0 Å². The summed E-state index contributed by atoms with van der Waals surface area (Å²) in [4.78, 5) is 32.1. The molecule has 2 heterocycles. The van der Waals surface area contributed by atoms with Gasteiger partial charge >= 0.3 is 5.97 Å². The van der Waals surface area contributed by atoms with Gasteiger partial charge < -0.3 is 19.3 Å². The van der Waals surface area contributed by atoms with Crippen molar-refractivity contribution in [2.75, 3.05) is 26.3 Å². The lowest BCUT2D eigenvalue weighted by molar-refractivity contribution is -0.155. The van der Waals surface area contributed by atoms with Gasteiger partial charge in [0.25, 0.3) is 5.91 Å². The van der Waals surface area contributed by atoms with Crippen LogP contribution in [0.25, 0.3) is 0 Å². The highest BCUT2D eigenvalue weighted by Gasteiger charge is 2.54. The van der Waals surface area contributed by atoms with Gasteiger partial charge in [0.1, 0.15) is 11.4 Å². The quantitative estimate of drug-likeness (QED) is 0.263. The van der Waals surface area contributed by atoms with Crippen molar-refractivity contribution in [3.63, 3.8) is 0 Å². The first-order valence-electron chi connectivity index (χ1n) is 14.2. The normalized spacial score (nSPS) is 21.1. The molecular weight excluding hydrogens is 590 g/mol. The number of piperidine rings is 1. The number of aliphatic hydroxyl groups excluding tert-OH is 1. The zero-order chi connectivity index (χ0) is 29.5. The number of ether oxygens (including phenoxy) is 3. The van der Waals surface area contributed by atoms with Gasteiger partial charge in [0.2, 0.25) is 5.90 Å². The van der Waals surface area contributed by atoms with Crippen LogP contribution < -0.4 is 10.2 Å². The fourth-order valence-electron chi connectivity index (χ4n) is 4.94. The average Bonchev–Trinajstić information content (AvgIpc) is 3.33.